The summed E-state index contributed by atoms with van der Waals surface area (Å²) in [5, 5.41) is 17.1. The predicted molar refractivity (Wildman–Crippen MR) is 64.7 cm³/mol. The first-order valence-electron chi connectivity index (χ1n) is 5.58. The lowest BCUT2D eigenvalue weighted by Crippen LogP contribution is -2.17. The maximum absolute atomic E-state index is 8.93. The second-order valence-electron chi connectivity index (χ2n) is 3.90. The molecule has 3 N–H and O–H groups in total. The molecule has 17 heavy (non-hydrogen) atoms. The van der Waals surface area contributed by atoms with Gasteiger partial charge in [-0.3, -0.25) is 4.57 Å². The molecule has 0 aliphatic heterocycles. The smallest absolute Gasteiger partial charge is 0.154 e. The third-order valence-corrected chi connectivity index (χ3v) is 2.64. The molecule has 1 heterocycles. The van der Waals surface area contributed by atoms with Crippen LogP contribution < -0.4 is 5.73 Å². The van der Waals surface area contributed by atoms with Gasteiger partial charge in [0.15, 0.2) is 5.82 Å². The molecule has 0 aliphatic carbocycles. The van der Waals surface area contributed by atoms with Gasteiger partial charge in [-0.05, 0) is 25.5 Å². The molecule has 0 fully saturated rings. The van der Waals surface area contributed by atoms with Gasteiger partial charge >= 0.3 is 0 Å². The Bertz CT molecular complexity index is 481. The van der Waals surface area contributed by atoms with E-state index in [4.69, 9.17) is 10.8 Å². The fraction of sp³-hybridized carbons (Fsp3) is 0.333. The number of benzene rings is 1. The summed E-state index contributed by atoms with van der Waals surface area (Å²) < 4.78 is 1.92. The summed E-state index contributed by atoms with van der Waals surface area (Å²) in [5.74, 6) is 1.47. The van der Waals surface area contributed by atoms with Gasteiger partial charge < -0.3 is 10.8 Å². The lowest BCUT2D eigenvalue weighted by Gasteiger charge is -2.13. The van der Waals surface area contributed by atoms with Gasteiger partial charge in [-0.15, -0.1) is 10.2 Å². The van der Waals surface area contributed by atoms with Gasteiger partial charge in [-0.1, -0.05) is 18.2 Å². The van der Waals surface area contributed by atoms with E-state index in [1.54, 1.807) is 0 Å². The molecule has 0 saturated carbocycles. The van der Waals surface area contributed by atoms with Gasteiger partial charge in [0.05, 0.1) is 6.04 Å². The Labute approximate surface area is 99.9 Å². The fourth-order valence-corrected chi connectivity index (χ4v) is 1.78. The fourth-order valence-electron chi connectivity index (χ4n) is 1.78. The number of para-hydroxylation sites is 1. The molecule has 1 aromatic heterocycles. The highest BCUT2D eigenvalue weighted by Gasteiger charge is 2.16. The summed E-state index contributed by atoms with van der Waals surface area (Å²) in [6, 6.07) is 9.51. The van der Waals surface area contributed by atoms with E-state index in [1.807, 2.05) is 41.8 Å². The van der Waals surface area contributed by atoms with E-state index >= 15 is 0 Å². The van der Waals surface area contributed by atoms with Crippen molar-refractivity contribution in [3.63, 3.8) is 0 Å². The normalized spacial score (nSPS) is 12.6. The van der Waals surface area contributed by atoms with Crippen molar-refractivity contribution >= 4 is 0 Å². The van der Waals surface area contributed by atoms with Crippen LogP contribution in [0.15, 0.2) is 30.3 Å². The van der Waals surface area contributed by atoms with E-state index in [0.29, 0.717) is 12.2 Å². The molecular formula is C12H16N4O. The Kier molecular flexibility index (Phi) is 3.51. The average molecular weight is 232 g/mol. The Morgan fingerprint density at radius 1 is 1.29 bits per heavy atom. The molecule has 0 spiro atoms. The van der Waals surface area contributed by atoms with Crippen LogP contribution in [0.3, 0.4) is 0 Å². The molecule has 1 aromatic carbocycles. The minimum atomic E-state index is -0.304. The van der Waals surface area contributed by atoms with Crippen molar-refractivity contribution in [3.05, 3.63) is 42.0 Å². The number of hydrogen-bond acceptors (Lipinski definition) is 4. The predicted octanol–water partition coefficient (Wildman–Crippen LogP) is 0.958. The van der Waals surface area contributed by atoms with Crippen LogP contribution in [0.1, 0.15) is 24.1 Å². The monoisotopic (exact) mass is 232 g/mol. The quantitative estimate of drug-likeness (QED) is 0.823. The molecule has 5 nitrogen and oxygen atoms in total. The second kappa shape index (κ2) is 5.07. The van der Waals surface area contributed by atoms with Crippen molar-refractivity contribution < 1.29 is 5.11 Å². The summed E-state index contributed by atoms with van der Waals surface area (Å²) in [6.07, 6.45) is 0.477. The highest BCUT2D eigenvalue weighted by molar-refractivity contribution is 5.34. The minimum absolute atomic E-state index is 0.0435. The van der Waals surface area contributed by atoms with Crippen LogP contribution in [0.4, 0.5) is 0 Å². The van der Waals surface area contributed by atoms with Crippen molar-refractivity contribution in [1.82, 2.24) is 14.8 Å². The number of nitrogens with zero attached hydrogens (tertiary/aromatic N) is 3. The van der Waals surface area contributed by atoms with Gasteiger partial charge in [-0.2, -0.15) is 0 Å². The molecule has 0 aliphatic rings. The number of aliphatic hydroxyl groups excluding tert-OH is 1. The molecule has 5 heteroatoms. The highest BCUT2D eigenvalue weighted by Crippen LogP contribution is 2.18. The van der Waals surface area contributed by atoms with Crippen LogP contribution >= 0.6 is 0 Å². The Hall–Kier alpha value is -1.72. The Morgan fingerprint density at radius 3 is 2.65 bits per heavy atom. The Balaban J connectivity index is 2.43. The zero-order valence-corrected chi connectivity index (χ0v) is 9.74. The first kappa shape index (κ1) is 11.8. The zero-order valence-electron chi connectivity index (χ0n) is 9.74. The maximum atomic E-state index is 8.93. The van der Waals surface area contributed by atoms with E-state index in [2.05, 4.69) is 10.2 Å². The van der Waals surface area contributed by atoms with Crippen LogP contribution in [0.5, 0.6) is 0 Å². The van der Waals surface area contributed by atoms with Gasteiger partial charge in [0.2, 0.25) is 0 Å². The van der Waals surface area contributed by atoms with Crippen LogP contribution in [0, 0.1) is 6.92 Å². The highest BCUT2D eigenvalue weighted by atomic mass is 16.3. The number of rotatable bonds is 4. The number of aromatic nitrogens is 3. The van der Waals surface area contributed by atoms with Crippen LogP contribution in [0.25, 0.3) is 5.69 Å². The minimum Gasteiger partial charge on any atom is -0.396 e. The zero-order chi connectivity index (χ0) is 12.3. The first-order chi connectivity index (χ1) is 8.24. The SMILES string of the molecule is Cc1nnc(C(N)CCO)n1-c1ccccc1. The number of hydrogen-bond donors (Lipinski definition) is 2. The molecule has 0 bridgehead atoms. The van der Waals surface area contributed by atoms with Crippen LogP contribution in [-0.2, 0) is 0 Å². The lowest BCUT2D eigenvalue weighted by atomic mass is 10.2. The van der Waals surface area contributed by atoms with Crippen molar-refractivity contribution in [2.75, 3.05) is 6.61 Å². The van der Waals surface area contributed by atoms with Crippen molar-refractivity contribution in [2.24, 2.45) is 5.73 Å². The number of aryl methyl sites for hydroxylation is 1. The van der Waals surface area contributed by atoms with Crippen LogP contribution in [-0.4, -0.2) is 26.5 Å². The largest absolute Gasteiger partial charge is 0.396 e. The van der Waals surface area contributed by atoms with E-state index < -0.39 is 0 Å². The summed E-state index contributed by atoms with van der Waals surface area (Å²) in [4.78, 5) is 0. The lowest BCUT2D eigenvalue weighted by molar-refractivity contribution is 0.274. The summed E-state index contributed by atoms with van der Waals surface area (Å²) in [5.41, 5.74) is 6.96. The number of aliphatic hydroxyl groups is 1. The van der Waals surface area contributed by atoms with E-state index in [1.165, 1.54) is 0 Å². The van der Waals surface area contributed by atoms with Crippen molar-refractivity contribution in [3.8, 4) is 5.69 Å². The van der Waals surface area contributed by atoms with Crippen molar-refractivity contribution in [1.29, 1.82) is 0 Å². The maximum Gasteiger partial charge on any atom is 0.154 e. The van der Waals surface area contributed by atoms with E-state index in [0.717, 1.165) is 11.5 Å². The standard InChI is InChI=1S/C12H16N4O/c1-9-14-15-12(11(13)7-8-17)16(9)10-5-3-2-4-6-10/h2-6,11,17H,7-8,13H2,1H3. The van der Waals surface area contributed by atoms with Crippen LogP contribution in [0.2, 0.25) is 0 Å². The van der Waals surface area contributed by atoms with Gasteiger partial charge in [0, 0.05) is 12.3 Å². The third kappa shape index (κ3) is 2.35. The van der Waals surface area contributed by atoms with Gasteiger partial charge in [0.1, 0.15) is 5.82 Å². The second-order valence-corrected chi connectivity index (χ2v) is 3.90. The first-order valence-corrected chi connectivity index (χ1v) is 5.58. The molecule has 0 saturated heterocycles. The van der Waals surface area contributed by atoms with Gasteiger partial charge in [0.25, 0.3) is 0 Å². The summed E-state index contributed by atoms with van der Waals surface area (Å²) >= 11 is 0. The molecule has 0 amide bonds. The van der Waals surface area contributed by atoms with E-state index in [-0.39, 0.29) is 12.6 Å². The molecule has 2 rings (SSSR count). The topological polar surface area (TPSA) is 77.0 Å². The summed E-state index contributed by atoms with van der Waals surface area (Å²) in [6.45, 7) is 1.93. The molecule has 90 valence electrons. The molecule has 0 radical (unpaired) electrons. The number of nitrogens with two attached hydrogens (primary N) is 1. The van der Waals surface area contributed by atoms with Gasteiger partial charge in [-0.25, -0.2) is 0 Å². The molecular weight excluding hydrogens is 216 g/mol. The summed E-state index contributed by atoms with van der Waals surface area (Å²) in [7, 11) is 0. The molecule has 2 aromatic rings. The third-order valence-electron chi connectivity index (χ3n) is 2.64. The van der Waals surface area contributed by atoms with E-state index in [9.17, 15) is 0 Å². The average Bonchev–Trinajstić information content (AvgIpc) is 2.73. The Morgan fingerprint density at radius 2 is 2.00 bits per heavy atom. The molecule has 1 atom stereocenters. The van der Waals surface area contributed by atoms with Crippen molar-refractivity contribution in [2.45, 2.75) is 19.4 Å². The molecule has 1 unspecified atom stereocenters.